The molecule has 1 amide bonds. The van der Waals surface area contributed by atoms with Crippen molar-refractivity contribution in [3.05, 3.63) is 34.9 Å². The van der Waals surface area contributed by atoms with Crippen LogP contribution in [0.25, 0.3) is 0 Å². The summed E-state index contributed by atoms with van der Waals surface area (Å²) in [6.45, 7) is 3.07. The lowest BCUT2D eigenvalue weighted by Gasteiger charge is -2.31. The van der Waals surface area contributed by atoms with Crippen molar-refractivity contribution in [2.24, 2.45) is 5.92 Å². The summed E-state index contributed by atoms with van der Waals surface area (Å²) in [7, 11) is 0. The maximum Gasteiger partial charge on any atom is 0.334 e. The summed E-state index contributed by atoms with van der Waals surface area (Å²) < 4.78 is 5.28. The van der Waals surface area contributed by atoms with E-state index in [2.05, 4.69) is 5.32 Å². The van der Waals surface area contributed by atoms with Crippen LogP contribution < -0.4 is 5.32 Å². The minimum atomic E-state index is -1.42. The zero-order valence-electron chi connectivity index (χ0n) is 13.2. The molecule has 126 valence electrons. The molecule has 1 aliphatic rings. The number of carbonyl (C=O) groups is 2. The number of amides is 1. The van der Waals surface area contributed by atoms with E-state index in [9.17, 15) is 14.7 Å². The lowest BCUT2D eigenvalue weighted by atomic mass is 9.86. The molecule has 0 radical (unpaired) electrons. The first kappa shape index (κ1) is 17.8. The molecule has 0 saturated carbocycles. The number of carboxylic acid groups (broad SMARTS) is 1. The van der Waals surface area contributed by atoms with E-state index >= 15 is 0 Å². The molecule has 1 atom stereocenters. The first-order valence-corrected chi connectivity index (χ1v) is 8.24. The van der Waals surface area contributed by atoms with E-state index < -0.39 is 11.5 Å². The first-order valence-electron chi connectivity index (χ1n) is 7.86. The number of halogens is 1. The summed E-state index contributed by atoms with van der Waals surface area (Å²) in [6.07, 6.45) is 2.25. The Balaban J connectivity index is 2.16. The summed E-state index contributed by atoms with van der Waals surface area (Å²) in [6, 6.07) is 6.56. The Morgan fingerprint density at radius 2 is 1.91 bits per heavy atom. The fourth-order valence-corrected chi connectivity index (χ4v) is 3.05. The van der Waals surface area contributed by atoms with Crippen molar-refractivity contribution in [2.75, 3.05) is 13.2 Å². The van der Waals surface area contributed by atoms with Gasteiger partial charge >= 0.3 is 5.97 Å². The average Bonchev–Trinajstić information content (AvgIpc) is 2.54. The normalized spacial score (nSPS) is 18.2. The number of nitrogens with one attached hydrogen (secondary N) is 1. The molecule has 2 rings (SSSR count). The van der Waals surface area contributed by atoms with Gasteiger partial charge in [0.05, 0.1) is 0 Å². The summed E-state index contributed by atoms with van der Waals surface area (Å²) in [4.78, 5) is 24.3. The molecule has 1 fully saturated rings. The molecule has 6 heteroatoms. The third-order valence-corrected chi connectivity index (χ3v) is 4.65. The van der Waals surface area contributed by atoms with E-state index in [0.717, 1.165) is 12.8 Å². The molecule has 0 aliphatic carbocycles. The van der Waals surface area contributed by atoms with Crippen LogP contribution in [0.15, 0.2) is 24.3 Å². The Labute approximate surface area is 141 Å². The van der Waals surface area contributed by atoms with Crippen LogP contribution in [0, 0.1) is 5.92 Å². The number of carboxylic acids is 1. The van der Waals surface area contributed by atoms with Crippen LogP contribution in [-0.4, -0.2) is 30.2 Å². The van der Waals surface area contributed by atoms with Gasteiger partial charge < -0.3 is 15.2 Å². The van der Waals surface area contributed by atoms with E-state index in [1.165, 1.54) is 0 Å². The van der Waals surface area contributed by atoms with Gasteiger partial charge in [-0.05, 0) is 42.9 Å². The minimum Gasteiger partial charge on any atom is -0.479 e. The molecule has 0 aromatic heterocycles. The maximum absolute atomic E-state index is 12.4. The van der Waals surface area contributed by atoms with Gasteiger partial charge in [-0.25, -0.2) is 4.79 Å². The number of rotatable bonds is 6. The standard InChI is InChI=1S/C17H22ClNO4/c1-2-17(16(21)22,13-3-5-14(18)6-4-13)19-15(20)11-12-7-9-23-10-8-12/h3-6,12H,2,7-11H2,1H3,(H,19,20)(H,21,22). The monoisotopic (exact) mass is 339 g/mol. The molecule has 5 nitrogen and oxygen atoms in total. The van der Waals surface area contributed by atoms with Gasteiger partial charge in [0, 0.05) is 24.7 Å². The maximum atomic E-state index is 12.4. The minimum absolute atomic E-state index is 0.240. The summed E-state index contributed by atoms with van der Waals surface area (Å²) in [5.74, 6) is -1.06. The second-order valence-electron chi connectivity index (χ2n) is 5.88. The smallest absolute Gasteiger partial charge is 0.334 e. The first-order chi connectivity index (χ1) is 11.0. The van der Waals surface area contributed by atoms with Gasteiger partial charge in [-0.2, -0.15) is 0 Å². The van der Waals surface area contributed by atoms with Crippen LogP contribution in [0.3, 0.4) is 0 Å². The molecule has 1 saturated heterocycles. The number of aliphatic carboxylic acids is 1. The molecule has 1 aromatic carbocycles. The quantitative estimate of drug-likeness (QED) is 0.835. The van der Waals surface area contributed by atoms with Crippen molar-refractivity contribution >= 4 is 23.5 Å². The topological polar surface area (TPSA) is 75.6 Å². The molecule has 0 bridgehead atoms. The SMILES string of the molecule is CCC(NC(=O)CC1CCOCC1)(C(=O)O)c1ccc(Cl)cc1. The Kier molecular flexibility index (Phi) is 6.02. The van der Waals surface area contributed by atoms with E-state index in [0.29, 0.717) is 30.2 Å². The molecule has 2 N–H and O–H groups in total. The van der Waals surface area contributed by atoms with E-state index in [-0.39, 0.29) is 18.2 Å². The second-order valence-corrected chi connectivity index (χ2v) is 6.32. The number of carbonyl (C=O) groups excluding carboxylic acids is 1. The van der Waals surface area contributed by atoms with Crippen LogP contribution in [0.5, 0.6) is 0 Å². The molecule has 1 heterocycles. The van der Waals surface area contributed by atoms with Gasteiger partial charge in [0.15, 0.2) is 5.54 Å². The third kappa shape index (κ3) is 4.24. The molecule has 1 aliphatic heterocycles. The van der Waals surface area contributed by atoms with Crippen LogP contribution in [0.1, 0.15) is 38.2 Å². The zero-order valence-corrected chi connectivity index (χ0v) is 13.9. The predicted octanol–water partition coefficient (Wildman–Crippen LogP) is 2.96. The van der Waals surface area contributed by atoms with Crippen molar-refractivity contribution in [1.82, 2.24) is 5.32 Å². The van der Waals surface area contributed by atoms with E-state index in [1.807, 2.05) is 0 Å². The van der Waals surface area contributed by atoms with Crippen LogP contribution >= 0.6 is 11.6 Å². The second kappa shape index (κ2) is 7.79. The molecule has 1 aromatic rings. The zero-order chi connectivity index (χ0) is 16.9. The van der Waals surface area contributed by atoms with Crippen LogP contribution in [0.4, 0.5) is 0 Å². The Morgan fingerprint density at radius 1 is 1.30 bits per heavy atom. The van der Waals surface area contributed by atoms with Crippen molar-refractivity contribution in [2.45, 2.75) is 38.1 Å². The van der Waals surface area contributed by atoms with Gasteiger partial charge in [0.25, 0.3) is 0 Å². The molecular formula is C17H22ClNO4. The van der Waals surface area contributed by atoms with E-state index in [4.69, 9.17) is 16.3 Å². The van der Waals surface area contributed by atoms with Crippen molar-refractivity contribution in [1.29, 1.82) is 0 Å². The van der Waals surface area contributed by atoms with Gasteiger partial charge in [-0.1, -0.05) is 30.7 Å². The van der Waals surface area contributed by atoms with Crippen molar-refractivity contribution < 1.29 is 19.4 Å². The lowest BCUT2D eigenvalue weighted by Crippen LogP contribution is -2.51. The van der Waals surface area contributed by atoms with Gasteiger partial charge in [-0.3, -0.25) is 4.79 Å². The average molecular weight is 340 g/mol. The van der Waals surface area contributed by atoms with Crippen molar-refractivity contribution in [3.63, 3.8) is 0 Å². The predicted molar refractivity (Wildman–Crippen MR) is 87.4 cm³/mol. The van der Waals surface area contributed by atoms with Crippen LogP contribution in [-0.2, 0) is 19.9 Å². The third-order valence-electron chi connectivity index (χ3n) is 4.40. The Hall–Kier alpha value is -1.59. The number of hydrogen-bond acceptors (Lipinski definition) is 3. The molecule has 23 heavy (non-hydrogen) atoms. The molecule has 1 unspecified atom stereocenters. The number of hydrogen-bond donors (Lipinski definition) is 2. The summed E-state index contributed by atoms with van der Waals surface area (Å²) >= 11 is 5.87. The fourth-order valence-electron chi connectivity index (χ4n) is 2.93. The largest absolute Gasteiger partial charge is 0.479 e. The van der Waals surface area contributed by atoms with E-state index in [1.54, 1.807) is 31.2 Å². The Bertz CT molecular complexity index is 554. The number of ether oxygens (including phenoxy) is 1. The highest BCUT2D eigenvalue weighted by molar-refractivity contribution is 6.30. The fraction of sp³-hybridized carbons (Fsp3) is 0.529. The Morgan fingerprint density at radius 3 is 2.43 bits per heavy atom. The highest BCUT2D eigenvalue weighted by Gasteiger charge is 2.40. The van der Waals surface area contributed by atoms with Gasteiger partial charge in [0.2, 0.25) is 5.91 Å². The van der Waals surface area contributed by atoms with Crippen LogP contribution in [0.2, 0.25) is 5.02 Å². The lowest BCUT2D eigenvalue weighted by molar-refractivity contribution is -0.148. The molecule has 0 spiro atoms. The molecular weight excluding hydrogens is 318 g/mol. The summed E-state index contributed by atoms with van der Waals surface area (Å²) in [5.41, 5.74) is -0.899. The van der Waals surface area contributed by atoms with Crippen molar-refractivity contribution in [3.8, 4) is 0 Å². The van der Waals surface area contributed by atoms with Gasteiger partial charge in [0.1, 0.15) is 0 Å². The number of benzene rings is 1. The van der Waals surface area contributed by atoms with Gasteiger partial charge in [-0.15, -0.1) is 0 Å². The highest BCUT2D eigenvalue weighted by Crippen LogP contribution is 2.28. The highest BCUT2D eigenvalue weighted by atomic mass is 35.5. The summed E-state index contributed by atoms with van der Waals surface area (Å²) in [5, 5.41) is 13.0.